The van der Waals surface area contributed by atoms with Crippen LogP contribution in [0, 0.1) is 0 Å². The Morgan fingerprint density at radius 1 is 1.12 bits per heavy atom. The molecule has 0 heterocycles. The first-order valence-electron chi connectivity index (χ1n) is 8.47. The Morgan fingerprint density at radius 3 is 2.44 bits per heavy atom. The number of esters is 1. The third-order valence-electron chi connectivity index (χ3n) is 3.74. The van der Waals surface area contributed by atoms with Crippen LogP contribution < -0.4 is 10.6 Å². The average molecular weight is 356 g/mol. The molecule has 4 nitrogen and oxygen atoms in total. The zero-order valence-electron chi connectivity index (χ0n) is 14.6. The van der Waals surface area contributed by atoms with Crippen molar-refractivity contribution in [3.05, 3.63) is 65.7 Å². The maximum atomic E-state index is 11.6. The highest BCUT2D eigenvalue weighted by Gasteiger charge is 2.07. The number of hydrogen-bond donors (Lipinski definition) is 2. The predicted octanol–water partition coefficient (Wildman–Crippen LogP) is 4.17. The van der Waals surface area contributed by atoms with Gasteiger partial charge in [-0.3, -0.25) is 0 Å². The van der Waals surface area contributed by atoms with Gasteiger partial charge in [-0.05, 0) is 68.7 Å². The van der Waals surface area contributed by atoms with Gasteiger partial charge in [-0.2, -0.15) is 0 Å². The molecule has 2 N–H and O–H groups in total. The highest BCUT2D eigenvalue weighted by Crippen LogP contribution is 2.11. The lowest BCUT2D eigenvalue weighted by Gasteiger charge is -2.17. The summed E-state index contributed by atoms with van der Waals surface area (Å²) in [7, 11) is 0. The molecule has 0 spiro atoms. The molecule has 0 aliphatic rings. The van der Waals surface area contributed by atoms with Crippen LogP contribution in [0.1, 0.15) is 36.2 Å². The molecule has 1 atom stereocenters. The van der Waals surface area contributed by atoms with E-state index in [-0.39, 0.29) is 12.0 Å². The fourth-order valence-corrected chi connectivity index (χ4v) is 2.71. The number of hydrogen-bond acceptors (Lipinski definition) is 3. The van der Waals surface area contributed by atoms with Gasteiger partial charge in [0, 0.05) is 11.7 Å². The molecule has 0 aliphatic carbocycles. The Hall–Kier alpha value is -2.40. The monoisotopic (exact) mass is 356 g/mol. The van der Waals surface area contributed by atoms with E-state index < -0.39 is 0 Å². The smallest absolute Gasteiger partial charge is 0.338 e. The van der Waals surface area contributed by atoms with E-state index in [4.69, 9.17) is 17.0 Å². The lowest BCUT2D eigenvalue weighted by molar-refractivity contribution is 0.0526. The minimum atomic E-state index is -0.315. The molecule has 2 rings (SSSR count). The average Bonchev–Trinajstić information content (AvgIpc) is 2.61. The molecule has 132 valence electrons. The van der Waals surface area contributed by atoms with Gasteiger partial charge in [0.15, 0.2) is 5.11 Å². The quantitative estimate of drug-likeness (QED) is 0.576. The Morgan fingerprint density at radius 2 is 1.80 bits per heavy atom. The second-order valence-electron chi connectivity index (χ2n) is 5.82. The van der Waals surface area contributed by atoms with E-state index in [0.717, 1.165) is 18.5 Å². The van der Waals surface area contributed by atoms with Crippen LogP contribution in [0.15, 0.2) is 54.6 Å². The zero-order valence-corrected chi connectivity index (χ0v) is 15.4. The molecular formula is C20H24N2O2S. The SMILES string of the molecule is CCOC(=O)c1ccc(NC(=S)NC(C)CCc2ccccc2)cc1. The van der Waals surface area contributed by atoms with Gasteiger partial charge in [-0.15, -0.1) is 0 Å². The first kappa shape index (κ1) is 18.9. The van der Waals surface area contributed by atoms with Crippen LogP contribution in [0.25, 0.3) is 0 Å². The maximum absolute atomic E-state index is 11.6. The summed E-state index contributed by atoms with van der Waals surface area (Å²) < 4.78 is 4.97. The lowest BCUT2D eigenvalue weighted by Crippen LogP contribution is -2.36. The van der Waals surface area contributed by atoms with Gasteiger partial charge in [0.05, 0.1) is 12.2 Å². The van der Waals surface area contributed by atoms with Gasteiger partial charge in [0.1, 0.15) is 0 Å². The number of anilines is 1. The van der Waals surface area contributed by atoms with E-state index >= 15 is 0 Å². The standard InChI is InChI=1S/C20H24N2O2S/c1-3-24-19(23)17-11-13-18(14-12-17)22-20(25)21-15(2)9-10-16-7-5-4-6-8-16/h4-8,11-15H,3,9-10H2,1-2H3,(H2,21,22,25). The number of rotatable bonds is 7. The van der Waals surface area contributed by atoms with E-state index in [1.54, 1.807) is 19.1 Å². The van der Waals surface area contributed by atoms with E-state index in [9.17, 15) is 4.79 Å². The third kappa shape index (κ3) is 6.55. The van der Waals surface area contributed by atoms with Gasteiger partial charge in [-0.1, -0.05) is 30.3 Å². The van der Waals surface area contributed by atoms with E-state index in [2.05, 4.69) is 41.8 Å². The largest absolute Gasteiger partial charge is 0.462 e. The summed E-state index contributed by atoms with van der Waals surface area (Å²) in [4.78, 5) is 11.6. The van der Waals surface area contributed by atoms with Crippen molar-refractivity contribution in [1.82, 2.24) is 5.32 Å². The molecule has 2 aromatic rings. The normalized spacial score (nSPS) is 11.4. The van der Waals surface area contributed by atoms with Gasteiger partial charge >= 0.3 is 5.97 Å². The van der Waals surface area contributed by atoms with Gasteiger partial charge < -0.3 is 15.4 Å². The number of carbonyl (C=O) groups is 1. The molecule has 0 amide bonds. The topological polar surface area (TPSA) is 50.4 Å². The molecule has 0 aliphatic heterocycles. The van der Waals surface area contributed by atoms with E-state index in [1.807, 2.05) is 18.2 Å². The highest BCUT2D eigenvalue weighted by molar-refractivity contribution is 7.80. The van der Waals surface area contributed by atoms with E-state index in [0.29, 0.717) is 17.3 Å². The van der Waals surface area contributed by atoms with Crippen LogP contribution in [0.4, 0.5) is 5.69 Å². The van der Waals surface area contributed by atoms with Crippen LogP contribution in [-0.4, -0.2) is 23.7 Å². The Bertz CT molecular complexity index is 687. The van der Waals surface area contributed by atoms with Gasteiger partial charge in [0.2, 0.25) is 0 Å². The van der Waals surface area contributed by atoms with Crippen molar-refractivity contribution in [3.8, 4) is 0 Å². The molecule has 0 aromatic heterocycles. The van der Waals surface area contributed by atoms with Crippen molar-refractivity contribution in [1.29, 1.82) is 0 Å². The summed E-state index contributed by atoms with van der Waals surface area (Å²) in [6, 6.07) is 17.7. The fourth-order valence-electron chi connectivity index (χ4n) is 2.40. The molecule has 0 saturated heterocycles. The molecule has 0 saturated carbocycles. The van der Waals surface area contributed by atoms with Crippen LogP contribution in [0.2, 0.25) is 0 Å². The van der Waals surface area contributed by atoms with Gasteiger partial charge in [-0.25, -0.2) is 4.79 Å². The second-order valence-corrected chi connectivity index (χ2v) is 6.23. The third-order valence-corrected chi connectivity index (χ3v) is 3.96. The summed E-state index contributed by atoms with van der Waals surface area (Å²) in [6.07, 6.45) is 2.00. The molecule has 0 fully saturated rings. The minimum Gasteiger partial charge on any atom is -0.462 e. The first-order chi connectivity index (χ1) is 12.1. The Kier molecular flexibility index (Phi) is 7.41. The summed E-state index contributed by atoms with van der Waals surface area (Å²) in [6.45, 7) is 4.27. The number of benzene rings is 2. The summed E-state index contributed by atoms with van der Waals surface area (Å²) >= 11 is 5.36. The van der Waals surface area contributed by atoms with Crippen LogP contribution in [0.3, 0.4) is 0 Å². The van der Waals surface area contributed by atoms with Crippen molar-refractivity contribution in [2.45, 2.75) is 32.7 Å². The number of carbonyl (C=O) groups excluding carboxylic acids is 1. The summed E-state index contributed by atoms with van der Waals surface area (Å²) in [5.41, 5.74) is 2.69. The summed E-state index contributed by atoms with van der Waals surface area (Å²) in [5.74, 6) is -0.315. The lowest BCUT2D eigenvalue weighted by atomic mass is 10.1. The van der Waals surface area contributed by atoms with Crippen molar-refractivity contribution in [2.75, 3.05) is 11.9 Å². The zero-order chi connectivity index (χ0) is 18.1. The number of nitrogens with one attached hydrogen (secondary N) is 2. The second kappa shape index (κ2) is 9.79. The molecule has 2 aromatic carbocycles. The molecule has 1 unspecified atom stereocenters. The predicted molar refractivity (Wildman–Crippen MR) is 106 cm³/mol. The first-order valence-corrected chi connectivity index (χ1v) is 8.88. The van der Waals surface area contributed by atoms with Gasteiger partial charge in [0.25, 0.3) is 0 Å². The molecule has 25 heavy (non-hydrogen) atoms. The Balaban J connectivity index is 1.78. The van der Waals surface area contributed by atoms with Crippen molar-refractivity contribution in [2.24, 2.45) is 0 Å². The van der Waals surface area contributed by atoms with Crippen LogP contribution in [0.5, 0.6) is 0 Å². The van der Waals surface area contributed by atoms with Crippen LogP contribution >= 0.6 is 12.2 Å². The molecule has 5 heteroatoms. The highest BCUT2D eigenvalue weighted by atomic mass is 32.1. The minimum absolute atomic E-state index is 0.263. The molecule has 0 radical (unpaired) electrons. The maximum Gasteiger partial charge on any atom is 0.338 e. The summed E-state index contributed by atoms with van der Waals surface area (Å²) in [5, 5.41) is 7.00. The number of thiocarbonyl (C=S) groups is 1. The fraction of sp³-hybridized carbons (Fsp3) is 0.300. The Labute approximate surface area is 154 Å². The van der Waals surface area contributed by atoms with Crippen molar-refractivity contribution in [3.63, 3.8) is 0 Å². The van der Waals surface area contributed by atoms with Crippen molar-refractivity contribution >= 4 is 29.0 Å². The molecule has 0 bridgehead atoms. The van der Waals surface area contributed by atoms with Crippen LogP contribution in [-0.2, 0) is 11.2 Å². The van der Waals surface area contributed by atoms with Crippen molar-refractivity contribution < 1.29 is 9.53 Å². The number of ether oxygens (including phenoxy) is 1. The number of aryl methyl sites for hydroxylation is 1. The van der Waals surface area contributed by atoms with E-state index in [1.165, 1.54) is 5.56 Å². The molecular weight excluding hydrogens is 332 g/mol.